The van der Waals surface area contributed by atoms with Gasteiger partial charge in [0.15, 0.2) is 0 Å². The van der Waals surface area contributed by atoms with Crippen molar-refractivity contribution in [2.24, 2.45) is 4.99 Å². The van der Waals surface area contributed by atoms with Crippen molar-refractivity contribution in [1.29, 1.82) is 0 Å². The number of benzene rings is 2. The quantitative estimate of drug-likeness (QED) is 0.825. The number of hydrogen-bond donors (Lipinski definition) is 1. The van der Waals surface area contributed by atoms with Crippen LogP contribution in [-0.2, 0) is 0 Å². The van der Waals surface area contributed by atoms with Gasteiger partial charge >= 0.3 is 0 Å². The third-order valence-corrected chi connectivity index (χ3v) is 3.40. The van der Waals surface area contributed by atoms with E-state index in [1.165, 1.54) is 5.69 Å². The van der Waals surface area contributed by atoms with Gasteiger partial charge < -0.3 is 10.0 Å². The number of rotatable bonds is 6. The highest BCUT2D eigenvalue weighted by molar-refractivity contribution is 5.80. The molecule has 0 amide bonds. The maximum absolute atomic E-state index is 9.21. The van der Waals surface area contributed by atoms with Crippen LogP contribution in [0.1, 0.15) is 23.6 Å². The molecule has 0 fully saturated rings. The molecule has 2 aromatic rings. The first-order valence-corrected chi connectivity index (χ1v) is 7.17. The van der Waals surface area contributed by atoms with E-state index in [4.69, 9.17) is 0 Å². The molecule has 0 aliphatic carbocycles. The highest BCUT2D eigenvalue weighted by atomic mass is 16.3. The van der Waals surface area contributed by atoms with Crippen molar-refractivity contribution in [2.45, 2.75) is 12.5 Å². The van der Waals surface area contributed by atoms with Crippen LogP contribution in [0.25, 0.3) is 0 Å². The second kappa shape index (κ2) is 7.60. The molecule has 110 valence electrons. The lowest BCUT2D eigenvalue weighted by Crippen LogP contribution is -2.08. The van der Waals surface area contributed by atoms with Gasteiger partial charge in [0.25, 0.3) is 0 Å². The average molecular weight is 282 g/mol. The summed E-state index contributed by atoms with van der Waals surface area (Å²) in [5.41, 5.74) is 3.37. The molecule has 1 N–H and O–H groups in total. The van der Waals surface area contributed by atoms with Crippen molar-refractivity contribution in [3.05, 3.63) is 65.7 Å². The first kappa shape index (κ1) is 15.3. The maximum Gasteiger partial charge on any atom is 0.0771 e. The Hall–Kier alpha value is -2.13. The molecule has 0 saturated carbocycles. The van der Waals surface area contributed by atoms with Crippen molar-refractivity contribution in [3.8, 4) is 0 Å². The molecule has 21 heavy (non-hydrogen) atoms. The zero-order valence-corrected chi connectivity index (χ0v) is 12.6. The average Bonchev–Trinajstić information content (AvgIpc) is 2.52. The van der Waals surface area contributed by atoms with E-state index in [2.05, 4.69) is 34.2 Å². The maximum atomic E-state index is 9.21. The first-order valence-electron chi connectivity index (χ1n) is 7.17. The van der Waals surface area contributed by atoms with Crippen molar-refractivity contribution < 1.29 is 5.11 Å². The van der Waals surface area contributed by atoms with Crippen LogP contribution in [-0.4, -0.2) is 32.0 Å². The Kier molecular flexibility index (Phi) is 5.52. The molecule has 0 heterocycles. The second-order valence-electron chi connectivity index (χ2n) is 5.20. The SMILES string of the molecule is CN(C)c1ccc(C=NC(CCO)c2ccccc2)cc1. The lowest BCUT2D eigenvalue weighted by atomic mass is 10.0. The van der Waals surface area contributed by atoms with E-state index in [9.17, 15) is 5.11 Å². The van der Waals surface area contributed by atoms with E-state index in [-0.39, 0.29) is 12.6 Å². The van der Waals surface area contributed by atoms with Gasteiger partial charge in [-0.25, -0.2) is 0 Å². The van der Waals surface area contributed by atoms with Crippen LogP contribution in [0.5, 0.6) is 0 Å². The highest BCUT2D eigenvalue weighted by Gasteiger charge is 2.07. The number of aliphatic imine (C=N–C) groups is 1. The predicted octanol–water partition coefficient (Wildman–Crippen LogP) is 3.30. The highest BCUT2D eigenvalue weighted by Crippen LogP contribution is 2.20. The fourth-order valence-corrected chi connectivity index (χ4v) is 2.16. The Balaban J connectivity index is 2.12. The van der Waals surface area contributed by atoms with Gasteiger partial charge in [-0.3, -0.25) is 4.99 Å². The summed E-state index contributed by atoms with van der Waals surface area (Å²) in [5.74, 6) is 0. The predicted molar refractivity (Wildman–Crippen MR) is 89.2 cm³/mol. The Morgan fingerprint density at radius 3 is 2.29 bits per heavy atom. The Bertz CT molecular complexity index is 562. The van der Waals surface area contributed by atoms with E-state index in [0.29, 0.717) is 6.42 Å². The number of nitrogens with zero attached hydrogens (tertiary/aromatic N) is 2. The summed E-state index contributed by atoms with van der Waals surface area (Å²) in [4.78, 5) is 6.70. The van der Waals surface area contributed by atoms with E-state index < -0.39 is 0 Å². The Morgan fingerprint density at radius 1 is 1.05 bits per heavy atom. The topological polar surface area (TPSA) is 35.8 Å². The number of anilines is 1. The van der Waals surface area contributed by atoms with Gasteiger partial charge in [-0.15, -0.1) is 0 Å². The Morgan fingerprint density at radius 2 is 1.71 bits per heavy atom. The lowest BCUT2D eigenvalue weighted by Gasteiger charge is -2.13. The first-order chi connectivity index (χ1) is 10.2. The van der Waals surface area contributed by atoms with E-state index >= 15 is 0 Å². The van der Waals surface area contributed by atoms with Crippen molar-refractivity contribution in [1.82, 2.24) is 0 Å². The molecule has 0 radical (unpaired) electrons. The standard InChI is InChI=1S/C18H22N2O/c1-20(2)17-10-8-15(9-11-17)14-19-18(12-13-21)16-6-4-3-5-7-16/h3-11,14,18,21H,12-13H2,1-2H3. The van der Waals surface area contributed by atoms with Crippen LogP contribution >= 0.6 is 0 Å². The zero-order chi connectivity index (χ0) is 15.1. The fraction of sp³-hybridized carbons (Fsp3) is 0.278. The minimum atomic E-state index is 0.00438. The second-order valence-corrected chi connectivity index (χ2v) is 5.20. The van der Waals surface area contributed by atoms with Crippen LogP contribution < -0.4 is 4.90 Å². The van der Waals surface area contributed by atoms with E-state index in [1.807, 2.05) is 50.6 Å². The molecule has 0 aromatic heterocycles. The summed E-state index contributed by atoms with van der Waals surface area (Å²) in [6.07, 6.45) is 2.52. The number of aliphatic hydroxyl groups excluding tert-OH is 1. The molecule has 1 atom stereocenters. The fourth-order valence-electron chi connectivity index (χ4n) is 2.16. The molecule has 0 aliphatic rings. The van der Waals surface area contributed by atoms with Gasteiger partial charge in [0.05, 0.1) is 6.04 Å². The van der Waals surface area contributed by atoms with Crippen LogP contribution in [0.15, 0.2) is 59.6 Å². The van der Waals surface area contributed by atoms with E-state index in [0.717, 1.165) is 11.1 Å². The summed E-state index contributed by atoms with van der Waals surface area (Å²) in [5, 5.41) is 9.21. The van der Waals surface area contributed by atoms with Crippen molar-refractivity contribution >= 4 is 11.9 Å². The molecule has 3 nitrogen and oxygen atoms in total. The smallest absolute Gasteiger partial charge is 0.0771 e. The molecule has 0 aliphatic heterocycles. The molecule has 2 aromatic carbocycles. The zero-order valence-electron chi connectivity index (χ0n) is 12.6. The molecule has 0 saturated heterocycles. The van der Waals surface area contributed by atoms with Crippen molar-refractivity contribution in [3.63, 3.8) is 0 Å². The van der Waals surface area contributed by atoms with Gasteiger partial charge in [0, 0.05) is 32.6 Å². The third-order valence-electron chi connectivity index (χ3n) is 3.40. The summed E-state index contributed by atoms with van der Waals surface area (Å²) in [6.45, 7) is 0.135. The van der Waals surface area contributed by atoms with Crippen molar-refractivity contribution in [2.75, 3.05) is 25.6 Å². The summed E-state index contributed by atoms with van der Waals surface area (Å²) >= 11 is 0. The summed E-state index contributed by atoms with van der Waals surface area (Å²) in [7, 11) is 4.05. The molecule has 1 unspecified atom stereocenters. The van der Waals surface area contributed by atoms with E-state index in [1.54, 1.807) is 0 Å². The van der Waals surface area contributed by atoms with Gasteiger partial charge in [-0.2, -0.15) is 0 Å². The monoisotopic (exact) mass is 282 g/mol. The van der Waals surface area contributed by atoms with Crippen LogP contribution in [0.3, 0.4) is 0 Å². The van der Waals surface area contributed by atoms with Gasteiger partial charge in [-0.1, -0.05) is 42.5 Å². The molecular weight excluding hydrogens is 260 g/mol. The van der Waals surface area contributed by atoms with Crippen LogP contribution in [0.2, 0.25) is 0 Å². The van der Waals surface area contributed by atoms with Gasteiger partial charge in [0.2, 0.25) is 0 Å². The minimum absolute atomic E-state index is 0.00438. The summed E-state index contributed by atoms with van der Waals surface area (Å²) in [6, 6.07) is 18.4. The number of aliphatic hydroxyl groups is 1. The van der Waals surface area contributed by atoms with Crippen LogP contribution in [0, 0.1) is 0 Å². The number of hydrogen-bond acceptors (Lipinski definition) is 3. The molecule has 0 spiro atoms. The molecule has 3 heteroatoms. The third kappa shape index (κ3) is 4.43. The largest absolute Gasteiger partial charge is 0.396 e. The lowest BCUT2D eigenvalue weighted by molar-refractivity contribution is 0.277. The Labute approximate surface area is 126 Å². The van der Waals surface area contributed by atoms with Crippen LogP contribution in [0.4, 0.5) is 5.69 Å². The molecule has 2 rings (SSSR count). The van der Waals surface area contributed by atoms with Gasteiger partial charge in [-0.05, 0) is 29.7 Å². The summed E-state index contributed by atoms with van der Waals surface area (Å²) < 4.78 is 0. The molecule has 0 bridgehead atoms. The minimum Gasteiger partial charge on any atom is -0.396 e. The normalized spacial score (nSPS) is 12.5. The molecular formula is C18H22N2O. The van der Waals surface area contributed by atoms with Gasteiger partial charge in [0.1, 0.15) is 0 Å².